The molecule has 0 fully saturated rings. The minimum absolute atomic E-state index is 0.733. The molecule has 0 N–H and O–H groups in total. The first-order valence-corrected chi connectivity index (χ1v) is 20.1. The lowest BCUT2D eigenvalue weighted by molar-refractivity contribution is 1.11. The Balaban J connectivity index is 1.08. The molecule has 0 saturated heterocycles. The summed E-state index contributed by atoms with van der Waals surface area (Å²) in [7, 11) is 0. The second kappa shape index (κ2) is 13.4. The van der Waals surface area contributed by atoms with Gasteiger partial charge in [0.1, 0.15) is 11.3 Å². The Labute approximate surface area is 341 Å². The van der Waals surface area contributed by atoms with E-state index in [-0.39, 0.29) is 0 Å². The van der Waals surface area contributed by atoms with E-state index in [1.165, 1.54) is 65.3 Å². The smallest absolute Gasteiger partial charge is 0.179 e. The van der Waals surface area contributed by atoms with Crippen molar-refractivity contribution in [2.24, 2.45) is 0 Å². The highest BCUT2D eigenvalue weighted by Gasteiger charge is 2.20. The molecule has 12 rings (SSSR count). The molecule has 2 aromatic heterocycles. The SMILES string of the molecule is c1ccc(-c2nc3ncc4ccccc4c3n2-c2ccc(-c3ccc4c(-c5ccc6ccccc6c5)c5ccccc5c(-c5ccc6ccccc6c5)c4c3)cc2)cc1. The Bertz CT molecular complexity index is 3600. The molecule has 0 amide bonds. The third-order valence-corrected chi connectivity index (χ3v) is 12.0. The summed E-state index contributed by atoms with van der Waals surface area (Å²) in [6.45, 7) is 0. The van der Waals surface area contributed by atoms with Crippen LogP contribution in [0.3, 0.4) is 0 Å². The van der Waals surface area contributed by atoms with Crippen LogP contribution < -0.4 is 0 Å². The molecule has 12 aromatic rings. The summed E-state index contributed by atoms with van der Waals surface area (Å²) >= 11 is 0. The van der Waals surface area contributed by atoms with Gasteiger partial charge in [0.25, 0.3) is 0 Å². The van der Waals surface area contributed by atoms with Crippen LogP contribution in [0.4, 0.5) is 0 Å². The predicted molar refractivity (Wildman–Crippen MR) is 248 cm³/mol. The van der Waals surface area contributed by atoms with Crippen molar-refractivity contribution in [3.05, 3.63) is 212 Å². The van der Waals surface area contributed by atoms with Crippen LogP contribution in [-0.2, 0) is 0 Å². The Hall–Kier alpha value is -7.88. The zero-order valence-corrected chi connectivity index (χ0v) is 32.0. The van der Waals surface area contributed by atoms with Gasteiger partial charge < -0.3 is 0 Å². The molecular formula is C56H35N3. The van der Waals surface area contributed by atoms with Crippen LogP contribution in [0.5, 0.6) is 0 Å². The van der Waals surface area contributed by atoms with Crippen molar-refractivity contribution in [3.8, 4) is 50.5 Å². The van der Waals surface area contributed by atoms with Gasteiger partial charge >= 0.3 is 0 Å². The zero-order valence-electron chi connectivity index (χ0n) is 32.0. The fourth-order valence-corrected chi connectivity index (χ4v) is 9.20. The normalized spacial score (nSPS) is 11.7. The number of nitrogens with zero attached hydrogens (tertiary/aromatic N) is 3. The van der Waals surface area contributed by atoms with Gasteiger partial charge in [-0.2, -0.15) is 0 Å². The molecule has 3 nitrogen and oxygen atoms in total. The summed E-state index contributed by atoms with van der Waals surface area (Å²) in [6, 6.07) is 74.8. The van der Waals surface area contributed by atoms with Crippen molar-refractivity contribution in [1.82, 2.24) is 14.5 Å². The number of pyridine rings is 1. The highest BCUT2D eigenvalue weighted by molar-refractivity contribution is 6.22. The summed E-state index contributed by atoms with van der Waals surface area (Å²) in [5, 5.41) is 12.1. The van der Waals surface area contributed by atoms with Gasteiger partial charge in [-0.3, -0.25) is 4.57 Å². The lowest BCUT2D eigenvalue weighted by Crippen LogP contribution is -1.98. The molecule has 0 saturated carbocycles. The van der Waals surface area contributed by atoms with E-state index in [1.54, 1.807) is 0 Å². The topological polar surface area (TPSA) is 30.7 Å². The molecule has 0 bridgehead atoms. The van der Waals surface area contributed by atoms with Gasteiger partial charge in [0, 0.05) is 28.2 Å². The number of benzene rings is 10. The van der Waals surface area contributed by atoms with Gasteiger partial charge in [-0.25, -0.2) is 9.97 Å². The molecule has 274 valence electrons. The Morgan fingerprint density at radius 1 is 0.322 bits per heavy atom. The van der Waals surface area contributed by atoms with E-state index in [2.05, 4.69) is 205 Å². The third kappa shape index (κ3) is 5.44. The van der Waals surface area contributed by atoms with Crippen molar-refractivity contribution in [1.29, 1.82) is 0 Å². The van der Waals surface area contributed by atoms with E-state index < -0.39 is 0 Å². The van der Waals surface area contributed by atoms with Crippen molar-refractivity contribution in [3.63, 3.8) is 0 Å². The summed E-state index contributed by atoms with van der Waals surface area (Å²) in [5.41, 5.74) is 11.1. The fourth-order valence-electron chi connectivity index (χ4n) is 9.20. The molecule has 0 unspecified atom stereocenters. The van der Waals surface area contributed by atoms with Crippen molar-refractivity contribution in [2.75, 3.05) is 0 Å². The molecule has 0 aliphatic carbocycles. The lowest BCUT2D eigenvalue weighted by Gasteiger charge is -2.19. The van der Waals surface area contributed by atoms with Crippen LogP contribution >= 0.6 is 0 Å². The van der Waals surface area contributed by atoms with Gasteiger partial charge in [0.2, 0.25) is 0 Å². The van der Waals surface area contributed by atoms with E-state index in [0.29, 0.717) is 0 Å². The lowest BCUT2D eigenvalue weighted by atomic mass is 9.84. The molecule has 0 spiro atoms. The second-order valence-corrected chi connectivity index (χ2v) is 15.4. The Kier molecular flexibility index (Phi) is 7.54. The number of imidazole rings is 1. The first-order valence-electron chi connectivity index (χ1n) is 20.1. The van der Waals surface area contributed by atoms with Crippen molar-refractivity contribution >= 4 is 65.0 Å². The van der Waals surface area contributed by atoms with Crippen LogP contribution in [0.1, 0.15) is 0 Å². The summed E-state index contributed by atoms with van der Waals surface area (Å²) in [5.74, 6) is 0.871. The number of hydrogen-bond donors (Lipinski definition) is 0. The van der Waals surface area contributed by atoms with Crippen LogP contribution in [0, 0.1) is 0 Å². The molecule has 3 heteroatoms. The molecular weight excluding hydrogens is 715 g/mol. The number of fused-ring (bicyclic) bond motifs is 7. The second-order valence-electron chi connectivity index (χ2n) is 15.4. The molecule has 10 aromatic carbocycles. The van der Waals surface area contributed by atoms with Gasteiger partial charge in [-0.05, 0) is 107 Å². The van der Waals surface area contributed by atoms with Gasteiger partial charge in [-0.1, -0.05) is 176 Å². The van der Waals surface area contributed by atoms with Gasteiger partial charge in [0.15, 0.2) is 5.65 Å². The average Bonchev–Trinajstić information content (AvgIpc) is 3.71. The average molecular weight is 750 g/mol. The quantitative estimate of drug-likeness (QED) is 0.164. The molecule has 0 aliphatic heterocycles. The maximum absolute atomic E-state index is 5.11. The van der Waals surface area contributed by atoms with Crippen molar-refractivity contribution in [2.45, 2.75) is 0 Å². The number of rotatable bonds is 5. The van der Waals surface area contributed by atoms with Crippen LogP contribution in [0.2, 0.25) is 0 Å². The molecule has 59 heavy (non-hydrogen) atoms. The number of aromatic nitrogens is 3. The van der Waals surface area contributed by atoms with E-state index in [0.717, 1.165) is 50.1 Å². The molecule has 2 heterocycles. The maximum Gasteiger partial charge on any atom is 0.179 e. The summed E-state index contributed by atoms with van der Waals surface area (Å²) in [6.07, 6.45) is 1.92. The number of hydrogen-bond acceptors (Lipinski definition) is 2. The summed E-state index contributed by atoms with van der Waals surface area (Å²) in [4.78, 5) is 9.93. The standard InChI is InChI=1S/C56H35N3/c1-2-14-39(15-3-1)56-58-55-54(47-19-9-8-18-45(47)35-57-55)59(56)46-29-26-38(27-30-46)42-28-31-50-51(34-42)53(44-25-23-37-13-5-7-17-41(37)33-44)49-21-11-10-20-48(49)52(50)43-24-22-36-12-4-6-16-40(36)32-43/h1-35H. The Morgan fingerprint density at radius 2 is 0.831 bits per heavy atom. The summed E-state index contributed by atoms with van der Waals surface area (Å²) < 4.78 is 2.27. The largest absolute Gasteiger partial charge is 0.290 e. The zero-order chi connectivity index (χ0) is 38.9. The van der Waals surface area contributed by atoms with Gasteiger partial charge in [-0.15, -0.1) is 0 Å². The third-order valence-electron chi connectivity index (χ3n) is 12.0. The molecule has 0 aliphatic rings. The van der Waals surface area contributed by atoms with Crippen LogP contribution in [-0.4, -0.2) is 14.5 Å². The van der Waals surface area contributed by atoms with Gasteiger partial charge in [0.05, 0.1) is 0 Å². The van der Waals surface area contributed by atoms with E-state index in [1.807, 2.05) is 12.3 Å². The minimum atomic E-state index is 0.733. The first kappa shape index (κ1) is 33.3. The highest BCUT2D eigenvalue weighted by atomic mass is 15.1. The molecule has 0 atom stereocenters. The minimum Gasteiger partial charge on any atom is -0.290 e. The first-order chi connectivity index (χ1) is 29.2. The van der Waals surface area contributed by atoms with Crippen LogP contribution in [0.15, 0.2) is 212 Å². The van der Waals surface area contributed by atoms with E-state index in [9.17, 15) is 0 Å². The maximum atomic E-state index is 5.11. The van der Waals surface area contributed by atoms with Crippen molar-refractivity contribution < 1.29 is 0 Å². The Morgan fingerprint density at radius 3 is 1.49 bits per heavy atom. The monoisotopic (exact) mass is 749 g/mol. The molecule has 0 radical (unpaired) electrons. The van der Waals surface area contributed by atoms with Crippen LogP contribution in [0.25, 0.3) is 115 Å². The predicted octanol–water partition coefficient (Wildman–Crippen LogP) is 14.9. The fraction of sp³-hybridized carbons (Fsp3) is 0. The van der Waals surface area contributed by atoms with E-state index in [4.69, 9.17) is 9.97 Å². The highest BCUT2D eigenvalue weighted by Crippen LogP contribution is 2.46. The van der Waals surface area contributed by atoms with E-state index >= 15 is 0 Å².